The van der Waals surface area contributed by atoms with Gasteiger partial charge in [0.25, 0.3) is 5.56 Å². The molecule has 4 nitrogen and oxygen atoms in total. The monoisotopic (exact) mass is 423 g/mol. The molecule has 4 rings (SSSR count). The minimum absolute atomic E-state index is 0.170. The summed E-state index contributed by atoms with van der Waals surface area (Å²) in [5.41, 5.74) is 3.67. The van der Waals surface area contributed by atoms with Crippen LogP contribution in [0.1, 0.15) is 17.0 Å². The number of aromatic amines is 1. The first-order chi connectivity index (χ1) is 13.0. The van der Waals surface area contributed by atoms with Gasteiger partial charge in [-0.2, -0.15) is 0 Å². The number of benzene rings is 2. The summed E-state index contributed by atoms with van der Waals surface area (Å²) < 4.78 is 14.4. The van der Waals surface area contributed by atoms with Gasteiger partial charge in [0, 0.05) is 22.7 Å². The summed E-state index contributed by atoms with van der Waals surface area (Å²) in [6, 6.07) is 14.0. The fourth-order valence-electron chi connectivity index (χ4n) is 3.02. The van der Waals surface area contributed by atoms with Gasteiger partial charge in [-0.15, -0.1) is 0 Å². The van der Waals surface area contributed by atoms with Crippen LogP contribution in [0.4, 0.5) is 4.39 Å². The molecular weight excluding hydrogens is 409 g/mol. The van der Waals surface area contributed by atoms with Gasteiger partial charge in [0.2, 0.25) is 0 Å². The Morgan fingerprint density at radius 2 is 1.96 bits per heavy atom. The number of nitrogens with zero attached hydrogens (tertiary/aromatic N) is 2. The van der Waals surface area contributed by atoms with Crippen LogP contribution in [0.5, 0.6) is 0 Å². The smallest absolute Gasteiger partial charge is 0.258 e. The number of aryl methyl sites for hydroxylation is 1. The van der Waals surface area contributed by atoms with Crippen LogP contribution >= 0.6 is 15.9 Å². The molecule has 0 unspecified atom stereocenters. The zero-order valence-electron chi connectivity index (χ0n) is 14.5. The molecule has 0 atom stereocenters. The number of nitrogens with one attached hydrogen (secondary N) is 1. The normalized spacial score (nSPS) is 11.1. The van der Waals surface area contributed by atoms with Crippen molar-refractivity contribution in [2.75, 3.05) is 0 Å². The highest BCUT2D eigenvalue weighted by Gasteiger charge is 2.07. The van der Waals surface area contributed by atoms with Crippen LogP contribution in [0.25, 0.3) is 22.2 Å². The number of fused-ring (bicyclic) bond motifs is 1. The van der Waals surface area contributed by atoms with Crippen molar-refractivity contribution in [3.63, 3.8) is 0 Å². The first kappa shape index (κ1) is 17.5. The van der Waals surface area contributed by atoms with Crippen molar-refractivity contribution in [2.45, 2.75) is 13.3 Å². The minimum atomic E-state index is -0.277. The quantitative estimate of drug-likeness (QED) is 0.515. The van der Waals surface area contributed by atoms with Crippen molar-refractivity contribution in [3.8, 4) is 11.3 Å². The van der Waals surface area contributed by atoms with Crippen molar-refractivity contribution in [1.29, 1.82) is 0 Å². The lowest BCUT2D eigenvalue weighted by atomic mass is 10.1. The third-order valence-corrected chi connectivity index (χ3v) is 4.74. The second-order valence-electron chi connectivity index (χ2n) is 6.42. The fourth-order valence-corrected chi connectivity index (χ4v) is 3.38. The zero-order valence-corrected chi connectivity index (χ0v) is 16.0. The van der Waals surface area contributed by atoms with E-state index in [1.807, 2.05) is 37.3 Å². The van der Waals surface area contributed by atoms with Crippen LogP contribution in [-0.2, 0) is 6.42 Å². The molecule has 0 saturated heterocycles. The summed E-state index contributed by atoms with van der Waals surface area (Å²) in [7, 11) is 0. The van der Waals surface area contributed by atoms with E-state index in [0.29, 0.717) is 28.8 Å². The number of pyridine rings is 1. The van der Waals surface area contributed by atoms with Gasteiger partial charge in [-0.3, -0.25) is 9.78 Å². The van der Waals surface area contributed by atoms with Crippen LogP contribution in [-0.4, -0.2) is 15.0 Å². The molecule has 0 fully saturated rings. The van der Waals surface area contributed by atoms with Gasteiger partial charge in [0.15, 0.2) is 0 Å². The van der Waals surface area contributed by atoms with Crippen LogP contribution < -0.4 is 5.56 Å². The second-order valence-corrected chi connectivity index (χ2v) is 7.34. The average molecular weight is 424 g/mol. The maximum absolute atomic E-state index is 13.6. The Kier molecular flexibility index (Phi) is 4.58. The molecule has 1 N–H and O–H groups in total. The van der Waals surface area contributed by atoms with Gasteiger partial charge in [-0.25, -0.2) is 9.37 Å². The van der Waals surface area contributed by atoms with Crippen molar-refractivity contribution in [3.05, 3.63) is 92.3 Å². The molecule has 0 spiro atoms. The molecule has 2 aromatic carbocycles. The molecule has 0 saturated carbocycles. The molecule has 0 amide bonds. The molecule has 0 aliphatic carbocycles. The summed E-state index contributed by atoms with van der Waals surface area (Å²) in [5.74, 6) is 0.298. The summed E-state index contributed by atoms with van der Waals surface area (Å²) in [6.45, 7) is 1.85. The predicted molar refractivity (Wildman–Crippen MR) is 107 cm³/mol. The Morgan fingerprint density at radius 1 is 1.11 bits per heavy atom. The first-order valence-electron chi connectivity index (χ1n) is 8.39. The number of hydrogen-bond acceptors (Lipinski definition) is 3. The van der Waals surface area contributed by atoms with Crippen molar-refractivity contribution < 1.29 is 4.39 Å². The summed E-state index contributed by atoms with van der Waals surface area (Å²) in [4.78, 5) is 24.1. The third kappa shape index (κ3) is 3.80. The standard InChI is InChI=1S/C21H15BrFN3O/c1-12-6-14(9-16(23)7-12)18-4-2-13(11-24-18)8-20-25-19-5-3-15(22)10-17(19)21(27)26-20/h2-7,9-11H,8H2,1H3,(H,25,26,27). The highest BCUT2D eigenvalue weighted by atomic mass is 79.9. The van der Waals surface area contributed by atoms with E-state index in [2.05, 4.69) is 30.9 Å². The lowest BCUT2D eigenvalue weighted by molar-refractivity contribution is 0.627. The van der Waals surface area contributed by atoms with Crippen LogP contribution in [0.3, 0.4) is 0 Å². The first-order valence-corrected chi connectivity index (χ1v) is 9.18. The van der Waals surface area contributed by atoms with Crippen LogP contribution in [0.2, 0.25) is 0 Å². The van der Waals surface area contributed by atoms with Gasteiger partial charge in [0.05, 0.1) is 16.6 Å². The van der Waals surface area contributed by atoms with E-state index >= 15 is 0 Å². The van der Waals surface area contributed by atoms with Gasteiger partial charge in [0.1, 0.15) is 11.6 Å². The Labute approximate surface area is 163 Å². The molecule has 0 aliphatic rings. The van der Waals surface area contributed by atoms with E-state index in [4.69, 9.17) is 0 Å². The molecule has 0 aliphatic heterocycles. The molecular formula is C21H15BrFN3O. The van der Waals surface area contributed by atoms with E-state index in [1.165, 1.54) is 12.1 Å². The molecule has 2 aromatic heterocycles. The largest absolute Gasteiger partial charge is 0.310 e. The Morgan fingerprint density at radius 3 is 2.70 bits per heavy atom. The average Bonchev–Trinajstić information content (AvgIpc) is 2.62. The Balaban J connectivity index is 1.63. The van der Waals surface area contributed by atoms with E-state index in [1.54, 1.807) is 12.3 Å². The molecule has 4 aromatic rings. The van der Waals surface area contributed by atoms with Crippen molar-refractivity contribution >= 4 is 26.8 Å². The summed E-state index contributed by atoms with van der Waals surface area (Å²) in [5, 5.41) is 0.545. The van der Waals surface area contributed by atoms with Crippen LogP contribution in [0.15, 0.2) is 64.0 Å². The van der Waals surface area contributed by atoms with Crippen LogP contribution in [0, 0.1) is 12.7 Å². The van der Waals surface area contributed by atoms with Gasteiger partial charge < -0.3 is 4.98 Å². The highest BCUT2D eigenvalue weighted by Crippen LogP contribution is 2.21. The molecule has 27 heavy (non-hydrogen) atoms. The zero-order chi connectivity index (χ0) is 19.0. The Bertz CT molecular complexity index is 1180. The maximum Gasteiger partial charge on any atom is 0.258 e. The van der Waals surface area contributed by atoms with Gasteiger partial charge in [-0.1, -0.05) is 22.0 Å². The number of H-pyrrole nitrogens is 1. The number of halogens is 2. The molecule has 6 heteroatoms. The van der Waals surface area contributed by atoms with Crippen molar-refractivity contribution in [1.82, 2.24) is 15.0 Å². The van der Waals surface area contributed by atoms with Crippen molar-refractivity contribution in [2.24, 2.45) is 0 Å². The minimum Gasteiger partial charge on any atom is -0.310 e. The lowest BCUT2D eigenvalue weighted by Gasteiger charge is -2.06. The molecule has 0 bridgehead atoms. The van der Waals surface area contributed by atoms with E-state index in [0.717, 1.165) is 21.2 Å². The lowest BCUT2D eigenvalue weighted by Crippen LogP contribution is -2.12. The fraction of sp³-hybridized carbons (Fsp3) is 0.0952. The molecule has 2 heterocycles. The Hall–Kier alpha value is -2.86. The number of aromatic nitrogens is 3. The number of hydrogen-bond donors (Lipinski definition) is 1. The molecule has 134 valence electrons. The predicted octanol–water partition coefficient (Wildman–Crippen LogP) is 4.79. The summed E-state index contributed by atoms with van der Waals surface area (Å²) >= 11 is 3.36. The topological polar surface area (TPSA) is 58.6 Å². The van der Waals surface area contributed by atoms with E-state index in [-0.39, 0.29) is 11.4 Å². The maximum atomic E-state index is 13.6. The highest BCUT2D eigenvalue weighted by molar-refractivity contribution is 9.10. The molecule has 0 radical (unpaired) electrons. The van der Waals surface area contributed by atoms with Gasteiger partial charge >= 0.3 is 0 Å². The SMILES string of the molecule is Cc1cc(F)cc(-c2ccc(Cc3nc4ccc(Br)cc4c(=O)[nH]3)cn2)c1. The third-order valence-electron chi connectivity index (χ3n) is 4.25. The second kappa shape index (κ2) is 7.04. The van der Waals surface area contributed by atoms with Gasteiger partial charge in [-0.05, 0) is 60.5 Å². The summed E-state index contributed by atoms with van der Waals surface area (Å²) in [6.07, 6.45) is 2.18. The van der Waals surface area contributed by atoms with E-state index < -0.39 is 0 Å². The van der Waals surface area contributed by atoms with E-state index in [9.17, 15) is 9.18 Å². The number of rotatable bonds is 3.